The van der Waals surface area contributed by atoms with Gasteiger partial charge in [0, 0.05) is 31.2 Å². The summed E-state index contributed by atoms with van der Waals surface area (Å²) in [5, 5.41) is 2.07. The fourth-order valence-corrected chi connectivity index (χ4v) is 3.75. The smallest absolute Gasteiger partial charge is 0.264 e. The molecule has 0 bridgehead atoms. The number of aromatic nitrogens is 2. The molecule has 1 aliphatic heterocycles. The van der Waals surface area contributed by atoms with E-state index in [1.807, 2.05) is 43.4 Å². The maximum atomic E-state index is 11.9. The molecular formula is C19H18N4O2S. The van der Waals surface area contributed by atoms with Gasteiger partial charge in [-0.25, -0.2) is 0 Å². The van der Waals surface area contributed by atoms with Crippen LogP contribution in [0.3, 0.4) is 0 Å². The number of carbonyl (C=O) groups excluding carboxylic acids is 1. The van der Waals surface area contributed by atoms with Crippen LogP contribution in [0.4, 0.5) is 5.69 Å². The number of nitrogens with zero attached hydrogens (tertiary/aromatic N) is 4. The van der Waals surface area contributed by atoms with Crippen LogP contribution in [0.25, 0.3) is 11.3 Å². The molecule has 2 aromatic heterocycles. The molecule has 7 heteroatoms. The van der Waals surface area contributed by atoms with Crippen LogP contribution in [0.1, 0.15) is 5.69 Å². The summed E-state index contributed by atoms with van der Waals surface area (Å²) < 4.78 is 7.56. The second kappa shape index (κ2) is 6.76. The van der Waals surface area contributed by atoms with E-state index in [0.29, 0.717) is 6.54 Å². The average molecular weight is 366 g/mol. The van der Waals surface area contributed by atoms with Crippen molar-refractivity contribution in [2.45, 2.75) is 6.54 Å². The van der Waals surface area contributed by atoms with Crippen molar-refractivity contribution in [3.63, 3.8) is 0 Å². The molecule has 0 fully saturated rings. The van der Waals surface area contributed by atoms with E-state index >= 15 is 0 Å². The standard InChI is InChI=1S/C19H18N4O2S/c1-22-15-9-13(6-7-17(15)25-11-18(22)24)16-12-26-19(23(16)2)21-10-14-5-3-4-8-20-14/h3-9,12H,10-11H2,1-2H3. The van der Waals surface area contributed by atoms with Crippen LogP contribution in [0.15, 0.2) is 53.0 Å². The Bertz CT molecular complexity index is 1020. The highest BCUT2D eigenvalue weighted by Gasteiger charge is 2.22. The lowest BCUT2D eigenvalue weighted by molar-refractivity contribution is -0.120. The van der Waals surface area contributed by atoms with Gasteiger partial charge in [0.15, 0.2) is 11.4 Å². The molecule has 0 aliphatic carbocycles. The second-order valence-corrected chi connectivity index (χ2v) is 6.86. The van der Waals surface area contributed by atoms with Gasteiger partial charge in [0.1, 0.15) is 5.75 Å². The highest BCUT2D eigenvalue weighted by Crippen LogP contribution is 2.35. The van der Waals surface area contributed by atoms with Crippen molar-refractivity contribution in [2.24, 2.45) is 12.0 Å². The molecule has 0 unspecified atom stereocenters. The minimum Gasteiger partial charge on any atom is -0.482 e. The number of thiazole rings is 1. The Morgan fingerprint density at radius 2 is 2.15 bits per heavy atom. The number of pyridine rings is 1. The predicted molar refractivity (Wildman–Crippen MR) is 101 cm³/mol. The van der Waals surface area contributed by atoms with Gasteiger partial charge in [-0.05, 0) is 30.3 Å². The zero-order chi connectivity index (χ0) is 18.1. The van der Waals surface area contributed by atoms with E-state index in [1.165, 1.54) is 0 Å². The summed E-state index contributed by atoms with van der Waals surface area (Å²) in [6, 6.07) is 11.7. The summed E-state index contributed by atoms with van der Waals surface area (Å²) in [6.07, 6.45) is 1.78. The van der Waals surface area contributed by atoms with Crippen LogP contribution in [0.5, 0.6) is 5.75 Å². The van der Waals surface area contributed by atoms with Crippen LogP contribution in [-0.4, -0.2) is 29.1 Å². The number of likely N-dealkylation sites (N-methyl/N-ethyl adjacent to an activating group) is 1. The Morgan fingerprint density at radius 1 is 1.27 bits per heavy atom. The fourth-order valence-electron chi connectivity index (χ4n) is 2.85. The van der Waals surface area contributed by atoms with Gasteiger partial charge in [-0.1, -0.05) is 6.07 Å². The van der Waals surface area contributed by atoms with Crippen LogP contribution in [-0.2, 0) is 18.4 Å². The Balaban J connectivity index is 1.67. The molecule has 26 heavy (non-hydrogen) atoms. The van der Waals surface area contributed by atoms with Crippen LogP contribution < -0.4 is 14.4 Å². The molecule has 0 radical (unpaired) electrons. The largest absolute Gasteiger partial charge is 0.482 e. The van der Waals surface area contributed by atoms with Crippen molar-refractivity contribution in [3.05, 3.63) is 58.5 Å². The zero-order valence-corrected chi connectivity index (χ0v) is 15.4. The lowest BCUT2D eigenvalue weighted by atomic mass is 10.1. The number of rotatable bonds is 3. The summed E-state index contributed by atoms with van der Waals surface area (Å²) in [5.41, 5.74) is 3.79. The molecule has 0 spiro atoms. The molecule has 0 atom stereocenters. The van der Waals surface area contributed by atoms with Crippen molar-refractivity contribution in [3.8, 4) is 17.0 Å². The van der Waals surface area contributed by atoms with Gasteiger partial charge in [-0.15, -0.1) is 11.3 Å². The van der Waals surface area contributed by atoms with Gasteiger partial charge in [0.05, 0.1) is 23.6 Å². The number of hydrogen-bond acceptors (Lipinski definition) is 5. The number of benzene rings is 1. The van der Waals surface area contributed by atoms with Crippen LogP contribution in [0, 0.1) is 0 Å². The van der Waals surface area contributed by atoms with Gasteiger partial charge in [-0.3, -0.25) is 14.8 Å². The van der Waals surface area contributed by atoms with E-state index in [0.717, 1.165) is 33.2 Å². The van der Waals surface area contributed by atoms with E-state index in [2.05, 4.69) is 19.9 Å². The second-order valence-electron chi connectivity index (χ2n) is 6.02. The maximum absolute atomic E-state index is 11.9. The molecule has 1 aliphatic rings. The molecular weight excluding hydrogens is 348 g/mol. The Labute approximate surface area is 155 Å². The fraction of sp³-hybridized carbons (Fsp3) is 0.211. The first-order valence-corrected chi connectivity index (χ1v) is 9.10. The van der Waals surface area contributed by atoms with Crippen LogP contribution in [0.2, 0.25) is 0 Å². The monoisotopic (exact) mass is 366 g/mol. The van der Waals surface area contributed by atoms with Gasteiger partial charge >= 0.3 is 0 Å². The van der Waals surface area contributed by atoms with Gasteiger partial charge in [0.2, 0.25) is 0 Å². The summed E-state index contributed by atoms with van der Waals surface area (Å²) in [6.45, 7) is 0.634. The lowest BCUT2D eigenvalue weighted by Gasteiger charge is -2.26. The number of fused-ring (bicyclic) bond motifs is 1. The van der Waals surface area contributed by atoms with E-state index in [1.54, 1.807) is 29.5 Å². The SMILES string of the molecule is CN1C(=O)COc2ccc(-c3csc(=NCc4ccccn4)n3C)cc21. The molecule has 4 rings (SSSR count). The maximum Gasteiger partial charge on any atom is 0.264 e. The highest BCUT2D eigenvalue weighted by atomic mass is 32.1. The summed E-state index contributed by atoms with van der Waals surface area (Å²) in [4.78, 5) is 23.4. The van der Waals surface area contributed by atoms with Crippen molar-refractivity contribution < 1.29 is 9.53 Å². The predicted octanol–water partition coefficient (Wildman–Crippen LogP) is 2.60. The summed E-state index contributed by atoms with van der Waals surface area (Å²) in [7, 11) is 3.77. The first-order chi connectivity index (χ1) is 12.6. The third kappa shape index (κ3) is 3.01. The normalized spacial score (nSPS) is 14.3. The van der Waals surface area contributed by atoms with Crippen molar-refractivity contribution >= 4 is 22.9 Å². The van der Waals surface area contributed by atoms with E-state index in [9.17, 15) is 4.79 Å². The van der Waals surface area contributed by atoms with Crippen molar-refractivity contribution in [2.75, 3.05) is 18.6 Å². The quantitative estimate of drug-likeness (QED) is 0.716. The first kappa shape index (κ1) is 16.5. The molecule has 0 saturated carbocycles. The molecule has 0 N–H and O–H groups in total. The molecule has 0 saturated heterocycles. The van der Waals surface area contributed by atoms with E-state index in [4.69, 9.17) is 4.74 Å². The Kier molecular flexibility index (Phi) is 4.30. The van der Waals surface area contributed by atoms with Gasteiger partial charge < -0.3 is 14.2 Å². The molecule has 1 aromatic carbocycles. The minimum atomic E-state index is -0.0459. The average Bonchev–Trinajstić information content (AvgIpc) is 3.04. The van der Waals surface area contributed by atoms with E-state index < -0.39 is 0 Å². The van der Waals surface area contributed by atoms with Crippen LogP contribution >= 0.6 is 11.3 Å². The topological polar surface area (TPSA) is 59.7 Å². The molecule has 132 valence electrons. The lowest BCUT2D eigenvalue weighted by Crippen LogP contribution is -2.35. The number of anilines is 1. The Hall–Kier alpha value is -2.93. The number of ether oxygens (including phenoxy) is 1. The molecule has 1 amide bonds. The zero-order valence-electron chi connectivity index (χ0n) is 14.5. The summed E-state index contributed by atoms with van der Waals surface area (Å²) in [5.74, 6) is 0.684. The van der Waals surface area contributed by atoms with Crippen molar-refractivity contribution in [1.82, 2.24) is 9.55 Å². The van der Waals surface area contributed by atoms with E-state index in [-0.39, 0.29) is 12.5 Å². The van der Waals surface area contributed by atoms with Gasteiger partial charge in [-0.2, -0.15) is 0 Å². The Morgan fingerprint density at radius 3 is 2.96 bits per heavy atom. The molecule has 3 heterocycles. The minimum absolute atomic E-state index is 0.0459. The van der Waals surface area contributed by atoms with Crippen molar-refractivity contribution in [1.29, 1.82) is 0 Å². The first-order valence-electron chi connectivity index (χ1n) is 8.22. The summed E-state index contributed by atoms with van der Waals surface area (Å²) >= 11 is 1.59. The molecule has 6 nitrogen and oxygen atoms in total. The third-order valence-electron chi connectivity index (χ3n) is 4.37. The number of hydrogen-bond donors (Lipinski definition) is 0. The number of carbonyl (C=O) groups is 1. The third-order valence-corrected chi connectivity index (χ3v) is 5.32. The highest BCUT2D eigenvalue weighted by molar-refractivity contribution is 7.07. The van der Waals surface area contributed by atoms with Gasteiger partial charge in [0.25, 0.3) is 5.91 Å². The number of amides is 1. The molecule has 3 aromatic rings.